The van der Waals surface area contributed by atoms with E-state index < -0.39 is 0 Å². The molecule has 0 spiro atoms. The van der Waals surface area contributed by atoms with Gasteiger partial charge in [-0.2, -0.15) is 0 Å². The third-order valence-electron chi connectivity index (χ3n) is 2.29. The summed E-state index contributed by atoms with van der Waals surface area (Å²) in [6.07, 6.45) is 11.2. The van der Waals surface area contributed by atoms with Crippen molar-refractivity contribution in [3.63, 3.8) is 0 Å². The fourth-order valence-corrected chi connectivity index (χ4v) is 1.44. The summed E-state index contributed by atoms with van der Waals surface area (Å²) < 4.78 is 5.03. The van der Waals surface area contributed by atoms with Gasteiger partial charge in [0, 0.05) is 6.61 Å². The Morgan fingerprint density at radius 3 is 1.86 bits per heavy atom. The third-order valence-corrected chi connectivity index (χ3v) is 2.29. The van der Waals surface area contributed by atoms with Crippen molar-refractivity contribution in [3.05, 3.63) is 12.8 Å². The molecule has 0 saturated carbocycles. The predicted octanol–water partition coefficient (Wildman–Crippen LogP) is 3.26. The topological polar surface area (TPSA) is 29.5 Å². The van der Waals surface area contributed by atoms with Crippen LogP contribution in [0.25, 0.3) is 0 Å². The minimum absolute atomic E-state index is 0.346. The summed E-state index contributed by atoms with van der Waals surface area (Å²) in [6.45, 7) is 4.65. The molecule has 0 aliphatic rings. The molecule has 0 aliphatic carbocycles. The van der Waals surface area contributed by atoms with Crippen LogP contribution in [0.1, 0.15) is 51.4 Å². The van der Waals surface area contributed by atoms with Gasteiger partial charge in [0.15, 0.2) is 0 Å². The highest BCUT2D eigenvalue weighted by Gasteiger charge is 1.91. The van der Waals surface area contributed by atoms with Gasteiger partial charge in [-0.15, -0.1) is 0 Å². The second kappa shape index (κ2) is 12.5. The standard InChI is InChI=1S/C12H24O2/c1-2-14-12-10-8-6-4-3-5-7-9-11-13/h2,13H,1,3-12H2. The minimum atomic E-state index is 0.346. The van der Waals surface area contributed by atoms with Crippen molar-refractivity contribution in [2.45, 2.75) is 51.4 Å². The molecular formula is C12H24O2. The van der Waals surface area contributed by atoms with Crippen molar-refractivity contribution in [1.82, 2.24) is 0 Å². The molecule has 0 amide bonds. The van der Waals surface area contributed by atoms with Crippen molar-refractivity contribution in [2.75, 3.05) is 13.2 Å². The summed E-state index contributed by atoms with van der Waals surface area (Å²) in [4.78, 5) is 0. The lowest BCUT2D eigenvalue weighted by Gasteiger charge is -2.01. The Labute approximate surface area is 88.0 Å². The zero-order chi connectivity index (χ0) is 10.5. The number of ether oxygens (including phenoxy) is 1. The molecule has 0 aromatic carbocycles. The number of hydrogen-bond donors (Lipinski definition) is 1. The fourth-order valence-electron chi connectivity index (χ4n) is 1.44. The van der Waals surface area contributed by atoms with Crippen LogP contribution in [0.4, 0.5) is 0 Å². The zero-order valence-corrected chi connectivity index (χ0v) is 9.21. The SMILES string of the molecule is C=COCCCCCCCCCCO. The molecule has 0 aliphatic heterocycles. The molecule has 0 unspecified atom stereocenters. The van der Waals surface area contributed by atoms with E-state index >= 15 is 0 Å². The van der Waals surface area contributed by atoms with E-state index in [9.17, 15) is 0 Å². The molecule has 0 aromatic rings. The van der Waals surface area contributed by atoms with Crippen molar-refractivity contribution in [1.29, 1.82) is 0 Å². The van der Waals surface area contributed by atoms with E-state index in [2.05, 4.69) is 6.58 Å². The van der Waals surface area contributed by atoms with Crippen molar-refractivity contribution < 1.29 is 9.84 Å². The lowest BCUT2D eigenvalue weighted by atomic mass is 10.1. The Morgan fingerprint density at radius 2 is 1.36 bits per heavy atom. The second-order valence-corrected chi connectivity index (χ2v) is 3.59. The highest BCUT2D eigenvalue weighted by atomic mass is 16.5. The quantitative estimate of drug-likeness (QED) is 0.410. The zero-order valence-electron chi connectivity index (χ0n) is 9.21. The minimum Gasteiger partial charge on any atom is -0.502 e. The van der Waals surface area contributed by atoms with Gasteiger partial charge in [0.1, 0.15) is 0 Å². The predicted molar refractivity (Wildman–Crippen MR) is 60.2 cm³/mol. The number of aliphatic hydroxyl groups excluding tert-OH is 1. The van der Waals surface area contributed by atoms with Crippen LogP contribution < -0.4 is 0 Å². The van der Waals surface area contributed by atoms with Crippen LogP contribution in [0.2, 0.25) is 0 Å². The smallest absolute Gasteiger partial charge is 0.0873 e. The molecule has 2 heteroatoms. The van der Waals surface area contributed by atoms with Crippen LogP contribution in [0.5, 0.6) is 0 Å². The Kier molecular flexibility index (Phi) is 12.1. The van der Waals surface area contributed by atoms with E-state index in [1.165, 1.54) is 44.8 Å². The largest absolute Gasteiger partial charge is 0.502 e. The first kappa shape index (κ1) is 13.5. The maximum absolute atomic E-state index is 8.57. The van der Waals surface area contributed by atoms with Gasteiger partial charge in [-0.3, -0.25) is 0 Å². The number of unbranched alkanes of at least 4 members (excludes halogenated alkanes) is 7. The molecule has 1 N–H and O–H groups in total. The molecule has 0 fully saturated rings. The first-order valence-corrected chi connectivity index (χ1v) is 5.75. The normalized spacial score (nSPS) is 10.1. The number of hydrogen-bond acceptors (Lipinski definition) is 2. The lowest BCUT2D eigenvalue weighted by Crippen LogP contribution is -1.88. The lowest BCUT2D eigenvalue weighted by molar-refractivity contribution is 0.241. The summed E-state index contributed by atoms with van der Waals surface area (Å²) in [5.74, 6) is 0. The highest BCUT2D eigenvalue weighted by Crippen LogP contribution is 2.08. The van der Waals surface area contributed by atoms with Gasteiger partial charge in [-0.05, 0) is 12.8 Å². The van der Waals surface area contributed by atoms with Crippen LogP contribution in [-0.2, 0) is 4.74 Å². The van der Waals surface area contributed by atoms with Gasteiger partial charge in [0.2, 0.25) is 0 Å². The molecule has 0 rings (SSSR count). The molecule has 0 bridgehead atoms. The number of rotatable bonds is 11. The summed E-state index contributed by atoms with van der Waals surface area (Å²) in [5.41, 5.74) is 0. The van der Waals surface area contributed by atoms with Crippen molar-refractivity contribution >= 4 is 0 Å². The van der Waals surface area contributed by atoms with Gasteiger partial charge in [0.05, 0.1) is 12.9 Å². The molecule has 0 saturated heterocycles. The molecular weight excluding hydrogens is 176 g/mol. The van der Waals surface area contributed by atoms with E-state index in [4.69, 9.17) is 9.84 Å². The molecule has 0 atom stereocenters. The van der Waals surface area contributed by atoms with Crippen LogP contribution in [-0.4, -0.2) is 18.3 Å². The Bertz CT molecular complexity index is 113. The second-order valence-electron chi connectivity index (χ2n) is 3.59. The van der Waals surface area contributed by atoms with E-state index in [0.29, 0.717) is 6.61 Å². The Morgan fingerprint density at radius 1 is 0.857 bits per heavy atom. The highest BCUT2D eigenvalue weighted by molar-refractivity contribution is 4.50. The van der Waals surface area contributed by atoms with Crippen LogP contribution in [0.3, 0.4) is 0 Å². The monoisotopic (exact) mass is 200 g/mol. The van der Waals surface area contributed by atoms with Crippen molar-refractivity contribution in [2.24, 2.45) is 0 Å². The molecule has 84 valence electrons. The van der Waals surface area contributed by atoms with Crippen molar-refractivity contribution in [3.8, 4) is 0 Å². The molecule has 0 heterocycles. The summed E-state index contributed by atoms with van der Waals surface area (Å²) in [6, 6.07) is 0. The average Bonchev–Trinajstić information content (AvgIpc) is 2.21. The molecule has 14 heavy (non-hydrogen) atoms. The Balaban J connectivity index is 2.81. The van der Waals surface area contributed by atoms with Gasteiger partial charge in [0.25, 0.3) is 0 Å². The van der Waals surface area contributed by atoms with Crippen LogP contribution in [0.15, 0.2) is 12.8 Å². The molecule has 0 aromatic heterocycles. The maximum atomic E-state index is 8.57. The van der Waals surface area contributed by atoms with Gasteiger partial charge in [-0.1, -0.05) is 45.1 Å². The molecule has 2 nitrogen and oxygen atoms in total. The van der Waals surface area contributed by atoms with Gasteiger partial charge >= 0.3 is 0 Å². The fraction of sp³-hybridized carbons (Fsp3) is 0.833. The van der Waals surface area contributed by atoms with E-state index in [1.54, 1.807) is 0 Å². The first-order valence-electron chi connectivity index (χ1n) is 5.75. The van der Waals surface area contributed by atoms with E-state index in [-0.39, 0.29) is 0 Å². The third kappa shape index (κ3) is 11.5. The Hall–Kier alpha value is -0.500. The molecule has 0 radical (unpaired) electrons. The van der Waals surface area contributed by atoms with E-state index in [1.807, 2.05) is 0 Å². The van der Waals surface area contributed by atoms with Gasteiger partial charge < -0.3 is 9.84 Å². The van der Waals surface area contributed by atoms with Crippen LogP contribution >= 0.6 is 0 Å². The number of aliphatic hydroxyl groups is 1. The first-order chi connectivity index (χ1) is 6.91. The van der Waals surface area contributed by atoms with Gasteiger partial charge in [-0.25, -0.2) is 0 Å². The summed E-state index contributed by atoms with van der Waals surface area (Å²) >= 11 is 0. The van der Waals surface area contributed by atoms with Crippen LogP contribution in [0, 0.1) is 0 Å². The maximum Gasteiger partial charge on any atom is 0.0873 e. The average molecular weight is 200 g/mol. The summed E-state index contributed by atoms with van der Waals surface area (Å²) in [7, 11) is 0. The summed E-state index contributed by atoms with van der Waals surface area (Å²) in [5, 5.41) is 8.57. The van der Waals surface area contributed by atoms with E-state index in [0.717, 1.165) is 19.4 Å².